The van der Waals surface area contributed by atoms with E-state index in [1.165, 1.54) is 6.33 Å². The fourth-order valence-electron chi connectivity index (χ4n) is 1.88. The summed E-state index contributed by atoms with van der Waals surface area (Å²) in [5.41, 5.74) is 1.46. The molecule has 2 heterocycles. The van der Waals surface area contributed by atoms with Gasteiger partial charge in [-0.25, -0.2) is 4.98 Å². The molecule has 0 bridgehead atoms. The number of aromatic carboxylic acids is 1. The van der Waals surface area contributed by atoms with Crippen LogP contribution in [0.4, 0.5) is 0 Å². The molecule has 2 aromatic heterocycles. The highest BCUT2D eigenvalue weighted by atomic mass is 16.4. The molecule has 0 aliphatic heterocycles. The Bertz CT molecular complexity index is 703. The number of carbonyl (C=O) groups is 1. The van der Waals surface area contributed by atoms with Gasteiger partial charge < -0.3 is 16.1 Å². The highest BCUT2D eigenvalue weighted by molar-refractivity contribution is 5.94. The fourth-order valence-corrected chi connectivity index (χ4v) is 1.88. The van der Waals surface area contributed by atoms with Crippen LogP contribution < -0.4 is 11.3 Å². The Morgan fingerprint density at radius 1 is 1.12 bits per heavy atom. The Kier molecular flexibility index (Phi) is 2.53. The lowest BCUT2D eigenvalue weighted by molar-refractivity contribution is -0.255. The number of hydrogen-bond donors (Lipinski definition) is 1. The monoisotopic (exact) mass is 229 g/mol. The molecule has 0 spiro atoms. The van der Waals surface area contributed by atoms with Crippen LogP contribution in [-0.4, -0.2) is 15.4 Å². The number of carboxylic acids is 1. The summed E-state index contributed by atoms with van der Waals surface area (Å²) in [5.74, 6) is -1.25. The number of hydrogen-bond acceptors (Lipinski definition) is 3. The van der Waals surface area contributed by atoms with Crippen LogP contribution in [0.3, 0.4) is 0 Å². The standard InChI is InChI=1S/C12H8N2O2.H3N/c15-12(16)11-10-6-5-8-3-1-2-4-9(8)14(10)7-13-11;/h1-7H,(H,15,16);1H3. The van der Waals surface area contributed by atoms with E-state index in [1.54, 1.807) is 10.5 Å². The van der Waals surface area contributed by atoms with Crippen molar-refractivity contribution in [3.63, 3.8) is 0 Å². The van der Waals surface area contributed by atoms with Gasteiger partial charge in [0.1, 0.15) is 12.0 Å². The van der Waals surface area contributed by atoms with Gasteiger partial charge in [-0.15, -0.1) is 0 Å². The number of pyridine rings is 1. The van der Waals surface area contributed by atoms with E-state index in [1.807, 2.05) is 30.3 Å². The van der Waals surface area contributed by atoms with Crippen molar-refractivity contribution in [3.05, 3.63) is 48.4 Å². The predicted octanol–water partition coefficient (Wildman–Crippen LogP) is 1.23. The molecule has 17 heavy (non-hydrogen) atoms. The molecule has 5 heteroatoms. The molecule has 0 unspecified atom stereocenters. The molecule has 0 fully saturated rings. The minimum Gasteiger partial charge on any atom is -0.543 e. The molecule has 4 N–H and O–H groups in total. The second kappa shape index (κ2) is 3.88. The molecule has 0 saturated heterocycles. The smallest absolute Gasteiger partial charge is 0.111 e. The van der Waals surface area contributed by atoms with Crippen LogP contribution in [0.15, 0.2) is 42.7 Å². The quantitative estimate of drug-likeness (QED) is 0.679. The lowest BCUT2D eigenvalue weighted by Crippen LogP contribution is -2.22. The van der Waals surface area contributed by atoms with E-state index in [-0.39, 0.29) is 11.8 Å². The number of carbonyl (C=O) groups excluding carboxylic acids is 1. The lowest BCUT2D eigenvalue weighted by atomic mass is 10.2. The first kappa shape index (κ1) is 11.1. The van der Waals surface area contributed by atoms with E-state index >= 15 is 0 Å². The lowest BCUT2D eigenvalue weighted by Gasteiger charge is -2.03. The minimum atomic E-state index is -1.25. The number of rotatable bonds is 1. The van der Waals surface area contributed by atoms with Crippen molar-refractivity contribution in [1.29, 1.82) is 0 Å². The van der Waals surface area contributed by atoms with E-state index in [9.17, 15) is 9.90 Å². The van der Waals surface area contributed by atoms with E-state index in [2.05, 4.69) is 4.98 Å². The summed E-state index contributed by atoms with van der Waals surface area (Å²) in [6, 6.07) is 11.3. The minimum absolute atomic E-state index is 0. The van der Waals surface area contributed by atoms with Gasteiger partial charge in [-0.05, 0) is 17.5 Å². The molecule has 0 saturated carbocycles. The Balaban J connectivity index is 0.00000108. The van der Waals surface area contributed by atoms with Gasteiger partial charge in [-0.2, -0.15) is 0 Å². The first-order valence-corrected chi connectivity index (χ1v) is 4.83. The third kappa shape index (κ3) is 1.53. The van der Waals surface area contributed by atoms with Gasteiger partial charge in [-0.1, -0.05) is 24.3 Å². The summed E-state index contributed by atoms with van der Waals surface area (Å²) in [7, 11) is 0. The van der Waals surface area contributed by atoms with Crippen molar-refractivity contribution in [3.8, 4) is 0 Å². The van der Waals surface area contributed by atoms with Crippen molar-refractivity contribution in [2.75, 3.05) is 0 Å². The topological polar surface area (TPSA) is 93.9 Å². The zero-order valence-electron chi connectivity index (χ0n) is 9.25. The molecule has 3 rings (SSSR count). The third-order valence-corrected chi connectivity index (χ3v) is 2.61. The van der Waals surface area contributed by atoms with Crippen molar-refractivity contribution in [2.24, 2.45) is 0 Å². The van der Waals surface area contributed by atoms with Gasteiger partial charge in [-0.3, -0.25) is 4.40 Å². The SMILES string of the molecule is O=C([O-])c1ncn2c1ccc1ccccc12.[NH4+]. The van der Waals surface area contributed by atoms with E-state index < -0.39 is 5.97 Å². The van der Waals surface area contributed by atoms with Gasteiger partial charge in [0.25, 0.3) is 0 Å². The number of quaternary nitrogens is 1. The summed E-state index contributed by atoms with van der Waals surface area (Å²) in [6.07, 6.45) is 1.50. The largest absolute Gasteiger partial charge is 0.543 e. The van der Waals surface area contributed by atoms with Crippen molar-refractivity contribution >= 4 is 22.4 Å². The van der Waals surface area contributed by atoms with Crippen LogP contribution in [0.25, 0.3) is 16.4 Å². The van der Waals surface area contributed by atoms with Crippen LogP contribution in [0.1, 0.15) is 10.5 Å². The first-order chi connectivity index (χ1) is 7.77. The summed E-state index contributed by atoms with van der Waals surface area (Å²) >= 11 is 0. The van der Waals surface area contributed by atoms with Gasteiger partial charge in [0.05, 0.1) is 17.0 Å². The number of nitrogens with zero attached hydrogens (tertiary/aromatic N) is 2. The Morgan fingerprint density at radius 2 is 1.88 bits per heavy atom. The third-order valence-electron chi connectivity index (χ3n) is 2.61. The summed E-state index contributed by atoms with van der Waals surface area (Å²) in [4.78, 5) is 14.7. The summed E-state index contributed by atoms with van der Waals surface area (Å²) in [6.45, 7) is 0. The molecule has 86 valence electrons. The Hall–Kier alpha value is -2.40. The number of para-hydroxylation sites is 1. The number of imidazole rings is 1. The molecule has 1 aromatic carbocycles. The number of fused-ring (bicyclic) bond motifs is 3. The van der Waals surface area contributed by atoms with E-state index in [4.69, 9.17) is 0 Å². The molecule has 0 atom stereocenters. The molecule has 0 aliphatic carbocycles. The molecule has 0 radical (unpaired) electrons. The maximum absolute atomic E-state index is 10.8. The maximum Gasteiger partial charge on any atom is 0.111 e. The summed E-state index contributed by atoms with van der Waals surface area (Å²) in [5, 5.41) is 11.9. The average molecular weight is 229 g/mol. The second-order valence-electron chi connectivity index (χ2n) is 3.53. The molecule has 3 aromatic rings. The number of benzene rings is 1. The van der Waals surface area contributed by atoms with Gasteiger partial charge in [0, 0.05) is 0 Å². The van der Waals surface area contributed by atoms with Crippen LogP contribution in [0.5, 0.6) is 0 Å². The summed E-state index contributed by atoms with van der Waals surface area (Å²) < 4.78 is 1.75. The molecule has 0 amide bonds. The van der Waals surface area contributed by atoms with Gasteiger partial charge >= 0.3 is 0 Å². The molecule has 5 nitrogen and oxygen atoms in total. The van der Waals surface area contributed by atoms with Crippen molar-refractivity contribution in [1.82, 2.24) is 15.5 Å². The van der Waals surface area contributed by atoms with E-state index in [0.717, 1.165) is 10.9 Å². The van der Waals surface area contributed by atoms with Crippen LogP contribution in [0, 0.1) is 0 Å². The predicted molar refractivity (Wildman–Crippen MR) is 63.0 cm³/mol. The molecular formula is C12H11N3O2. The first-order valence-electron chi connectivity index (χ1n) is 4.83. The number of aromatic nitrogens is 2. The van der Waals surface area contributed by atoms with Crippen molar-refractivity contribution in [2.45, 2.75) is 0 Å². The second-order valence-corrected chi connectivity index (χ2v) is 3.53. The van der Waals surface area contributed by atoms with Crippen LogP contribution in [0.2, 0.25) is 0 Å². The van der Waals surface area contributed by atoms with E-state index in [0.29, 0.717) is 5.52 Å². The Morgan fingerprint density at radius 3 is 2.65 bits per heavy atom. The van der Waals surface area contributed by atoms with Gasteiger partial charge in [0.2, 0.25) is 0 Å². The molecule has 0 aliphatic rings. The number of carboxylic acid groups (broad SMARTS) is 1. The van der Waals surface area contributed by atoms with Crippen molar-refractivity contribution < 1.29 is 9.90 Å². The normalized spacial score (nSPS) is 10.4. The van der Waals surface area contributed by atoms with Crippen LogP contribution >= 0.6 is 0 Å². The maximum atomic E-state index is 10.8. The molecular weight excluding hydrogens is 218 g/mol. The van der Waals surface area contributed by atoms with Gasteiger partial charge in [0.15, 0.2) is 0 Å². The fraction of sp³-hybridized carbons (Fsp3) is 0. The average Bonchev–Trinajstić information content (AvgIpc) is 2.73. The highest BCUT2D eigenvalue weighted by Gasteiger charge is 2.06. The zero-order valence-corrected chi connectivity index (χ0v) is 9.25. The zero-order chi connectivity index (χ0) is 11.1. The Labute approximate surface area is 96.9 Å². The highest BCUT2D eigenvalue weighted by Crippen LogP contribution is 2.18. The van der Waals surface area contributed by atoms with Crippen LogP contribution in [-0.2, 0) is 0 Å².